The van der Waals surface area contributed by atoms with Crippen molar-refractivity contribution in [3.05, 3.63) is 24.3 Å². The van der Waals surface area contributed by atoms with Crippen LogP contribution in [0.4, 0.5) is 5.95 Å². The smallest absolute Gasteiger partial charge is 0.239 e. The molecule has 0 radical (unpaired) electrons. The van der Waals surface area contributed by atoms with Crippen LogP contribution < -0.4 is 5.73 Å². The minimum atomic E-state index is 0.306. The average molecular weight is 232 g/mol. The summed E-state index contributed by atoms with van der Waals surface area (Å²) in [5, 5.41) is 8.63. The van der Waals surface area contributed by atoms with E-state index in [1.54, 1.807) is 11.0 Å². The monoisotopic (exact) mass is 232 g/mol. The van der Waals surface area contributed by atoms with Crippen LogP contribution in [0.25, 0.3) is 0 Å². The molecule has 0 amide bonds. The minimum absolute atomic E-state index is 0.306. The highest BCUT2D eigenvalue weighted by molar-refractivity contribution is 5.10. The summed E-state index contributed by atoms with van der Waals surface area (Å²) in [4.78, 5) is 3.89. The average Bonchev–Trinajstić information content (AvgIpc) is 3.00. The lowest BCUT2D eigenvalue weighted by Crippen LogP contribution is -2.07. The molecule has 0 aromatic carbocycles. The Morgan fingerprint density at radius 3 is 2.82 bits per heavy atom. The van der Waals surface area contributed by atoms with Crippen molar-refractivity contribution in [1.29, 1.82) is 0 Å². The van der Waals surface area contributed by atoms with Crippen LogP contribution in [0.15, 0.2) is 18.6 Å². The molecule has 0 unspecified atom stereocenters. The van der Waals surface area contributed by atoms with Gasteiger partial charge in [-0.05, 0) is 18.9 Å². The zero-order valence-electron chi connectivity index (χ0n) is 9.66. The number of nitrogens with two attached hydrogens (primary N) is 1. The van der Waals surface area contributed by atoms with Gasteiger partial charge in [-0.1, -0.05) is 12.8 Å². The molecule has 17 heavy (non-hydrogen) atoms. The number of aromatic nitrogens is 5. The van der Waals surface area contributed by atoms with Crippen LogP contribution in [-0.4, -0.2) is 24.5 Å². The summed E-state index contributed by atoms with van der Waals surface area (Å²) in [5.41, 5.74) is 6.47. The Kier molecular flexibility index (Phi) is 2.55. The maximum Gasteiger partial charge on any atom is 0.239 e. The van der Waals surface area contributed by atoms with E-state index in [4.69, 9.17) is 5.73 Å². The largest absolute Gasteiger partial charge is 0.367 e. The molecule has 2 N–H and O–H groups in total. The van der Waals surface area contributed by atoms with Gasteiger partial charge in [0.05, 0.1) is 18.3 Å². The highest BCUT2D eigenvalue weighted by Crippen LogP contribution is 2.28. The Labute approximate surface area is 99.4 Å². The molecule has 90 valence electrons. The first-order chi connectivity index (χ1) is 8.31. The third-order valence-corrected chi connectivity index (χ3v) is 3.24. The van der Waals surface area contributed by atoms with Crippen molar-refractivity contribution < 1.29 is 0 Å². The van der Waals surface area contributed by atoms with Crippen LogP contribution in [0.2, 0.25) is 0 Å². The summed E-state index contributed by atoms with van der Waals surface area (Å²) in [6.45, 7) is 0.629. The maximum atomic E-state index is 5.47. The quantitative estimate of drug-likeness (QED) is 0.863. The molecule has 0 saturated heterocycles. The van der Waals surface area contributed by atoms with Crippen LogP contribution in [0.3, 0.4) is 0 Å². The van der Waals surface area contributed by atoms with Crippen molar-refractivity contribution in [2.45, 2.75) is 38.3 Å². The van der Waals surface area contributed by atoms with E-state index in [0.29, 0.717) is 18.5 Å². The van der Waals surface area contributed by atoms with Gasteiger partial charge in [0, 0.05) is 6.20 Å². The lowest BCUT2D eigenvalue weighted by molar-refractivity contribution is 0.460. The molecule has 2 heterocycles. The van der Waals surface area contributed by atoms with Gasteiger partial charge >= 0.3 is 0 Å². The SMILES string of the molecule is Nc1ncn(Cc2ccn(C3CCCC3)n2)n1. The highest BCUT2D eigenvalue weighted by Gasteiger charge is 2.17. The van der Waals surface area contributed by atoms with Crippen molar-refractivity contribution in [2.24, 2.45) is 0 Å². The second-order valence-corrected chi connectivity index (χ2v) is 4.53. The molecular weight excluding hydrogens is 216 g/mol. The Balaban J connectivity index is 1.71. The summed E-state index contributed by atoms with van der Waals surface area (Å²) in [5.74, 6) is 0.306. The van der Waals surface area contributed by atoms with Crippen LogP contribution in [0.5, 0.6) is 0 Å². The minimum Gasteiger partial charge on any atom is -0.367 e. The molecule has 1 aliphatic rings. The fraction of sp³-hybridized carbons (Fsp3) is 0.545. The van der Waals surface area contributed by atoms with Gasteiger partial charge < -0.3 is 5.73 Å². The van der Waals surface area contributed by atoms with Crippen molar-refractivity contribution >= 4 is 5.95 Å². The second kappa shape index (κ2) is 4.20. The van der Waals surface area contributed by atoms with E-state index < -0.39 is 0 Å². The van der Waals surface area contributed by atoms with Gasteiger partial charge in [0.2, 0.25) is 5.95 Å². The fourth-order valence-electron chi connectivity index (χ4n) is 2.39. The summed E-state index contributed by atoms with van der Waals surface area (Å²) in [7, 11) is 0. The molecule has 2 aromatic heterocycles. The summed E-state index contributed by atoms with van der Waals surface area (Å²) in [6, 6.07) is 2.63. The van der Waals surface area contributed by atoms with Gasteiger partial charge in [-0.2, -0.15) is 5.10 Å². The molecule has 0 atom stereocenters. The Hall–Kier alpha value is -1.85. The Morgan fingerprint density at radius 2 is 2.12 bits per heavy atom. The molecular formula is C11H16N6. The van der Waals surface area contributed by atoms with Crippen LogP contribution in [0.1, 0.15) is 37.4 Å². The molecule has 3 rings (SSSR count). The van der Waals surface area contributed by atoms with Gasteiger partial charge in [-0.25, -0.2) is 9.67 Å². The topological polar surface area (TPSA) is 74.5 Å². The first-order valence-corrected chi connectivity index (χ1v) is 6.00. The van der Waals surface area contributed by atoms with E-state index >= 15 is 0 Å². The number of nitrogen functional groups attached to an aromatic ring is 1. The number of anilines is 1. The summed E-state index contributed by atoms with van der Waals surface area (Å²) in [6.07, 6.45) is 8.82. The van der Waals surface area contributed by atoms with E-state index in [1.807, 2.05) is 6.07 Å². The molecule has 0 aliphatic heterocycles. The normalized spacial score (nSPS) is 16.7. The van der Waals surface area contributed by atoms with E-state index in [-0.39, 0.29) is 0 Å². The third kappa shape index (κ3) is 2.15. The first kappa shape index (κ1) is 10.3. The highest BCUT2D eigenvalue weighted by atomic mass is 15.4. The van der Waals surface area contributed by atoms with Crippen molar-refractivity contribution in [3.8, 4) is 0 Å². The van der Waals surface area contributed by atoms with Crippen LogP contribution in [-0.2, 0) is 6.54 Å². The maximum absolute atomic E-state index is 5.47. The Morgan fingerprint density at radius 1 is 1.29 bits per heavy atom. The predicted molar refractivity (Wildman–Crippen MR) is 63.3 cm³/mol. The zero-order valence-corrected chi connectivity index (χ0v) is 9.66. The van der Waals surface area contributed by atoms with E-state index in [0.717, 1.165) is 5.69 Å². The van der Waals surface area contributed by atoms with Gasteiger partial charge in [0.1, 0.15) is 6.33 Å². The van der Waals surface area contributed by atoms with Gasteiger partial charge in [-0.3, -0.25) is 4.68 Å². The lowest BCUT2D eigenvalue weighted by Gasteiger charge is -2.08. The Bertz CT molecular complexity index is 494. The van der Waals surface area contributed by atoms with Gasteiger partial charge in [0.25, 0.3) is 0 Å². The van der Waals surface area contributed by atoms with Crippen molar-refractivity contribution in [2.75, 3.05) is 5.73 Å². The van der Waals surface area contributed by atoms with E-state index in [2.05, 4.69) is 26.1 Å². The van der Waals surface area contributed by atoms with Gasteiger partial charge in [-0.15, -0.1) is 5.10 Å². The van der Waals surface area contributed by atoms with Crippen molar-refractivity contribution in [1.82, 2.24) is 24.5 Å². The number of nitrogens with zero attached hydrogens (tertiary/aromatic N) is 5. The number of hydrogen-bond acceptors (Lipinski definition) is 4. The third-order valence-electron chi connectivity index (χ3n) is 3.24. The first-order valence-electron chi connectivity index (χ1n) is 6.00. The second-order valence-electron chi connectivity index (χ2n) is 4.53. The van der Waals surface area contributed by atoms with E-state index in [1.165, 1.54) is 25.7 Å². The zero-order chi connectivity index (χ0) is 11.7. The molecule has 0 spiro atoms. The molecule has 0 bridgehead atoms. The standard InChI is InChI=1S/C11H16N6/c12-11-13-8-16(15-11)7-9-5-6-17(14-9)10-3-1-2-4-10/h5-6,8,10H,1-4,7H2,(H2,12,15). The summed E-state index contributed by atoms with van der Waals surface area (Å²) < 4.78 is 3.79. The lowest BCUT2D eigenvalue weighted by atomic mass is 10.3. The van der Waals surface area contributed by atoms with Gasteiger partial charge in [0.15, 0.2) is 0 Å². The number of hydrogen-bond donors (Lipinski definition) is 1. The predicted octanol–water partition coefficient (Wildman–Crippen LogP) is 1.22. The fourth-order valence-corrected chi connectivity index (χ4v) is 2.39. The number of rotatable bonds is 3. The van der Waals surface area contributed by atoms with E-state index in [9.17, 15) is 0 Å². The summed E-state index contributed by atoms with van der Waals surface area (Å²) >= 11 is 0. The molecule has 1 saturated carbocycles. The molecule has 6 nitrogen and oxygen atoms in total. The molecule has 1 fully saturated rings. The van der Waals surface area contributed by atoms with Crippen molar-refractivity contribution in [3.63, 3.8) is 0 Å². The molecule has 2 aromatic rings. The van der Waals surface area contributed by atoms with Crippen LogP contribution >= 0.6 is 0 Å². The molecule has 1 aliphatic carbocycles. The van der Waals surface area contributed by atoms with Crippen LogP contribution in [0, 0.1) is 0 Å². The molecule has 6 heteroatoms.